The van der Waals surface area contributed by atoms with Crippen molar-refractivity contribution in [2.24, 2.45) is 4.99 Å². The fraction of sp³-hybridized carbons (Fsp3) is 0.550. The van der Waals surface area contributed by atoms with Crippen LogP contribution < -0.4 is 10.6 Å². The van der Waals surface area contributed by atoms with Crippen molar-refractivity contribution < 1.29 is 9.53 Å². The maximum atomic E-state index is 11.9. The van der Waals surface area contributed by atoms with E-state index in [-0.39, 0.29) is 29.9 Å². The molecule has 1 amide bonds. The Balaban J connectivity index is 0.00000420. The fourth-order valence-corrected chi connectivity index (χ4v) is 2.95. The van der Waals surface area contributed by atoms with Crippen LogP contribution in [0.1, 0.15) is 18.1 Å². The fourth-order valence-electron chi connectivity index (χ4n) is 2.95. The molecule has 1 saturated heterocycles. The first-order valence-corrected chi connectivity index (χ1v) is 9.66. The lowest BCUT2D eigenvalue weighted by atomic mass is 10.1. The molecule has 0 spiro atoms. The van der Waals surface area contributed by atoms with Gasteiger partial charge in [0.1, 0.15) is 0 Å². The van der Waals surface area contributed by atoms with Gasteiger partial charge < -0.3 is 20.3 Å². The number of carbonyl (C=O) groups is 1. The van der Waals surface area contributed by atoms with E-state index in [1.807, 2.05) is 24.3 Å². The second-order valence-corrected chi connectivity index (χ2v) is 6.58. The van der Waals surface area contributed by atoms with Crippen LogP contribution in [0, 0.1) is 11.3 Å². The van der Waals surface area contributed by atoms with Crippen LogP contribution in [-0.4, -0.2) is 81.2 Å². The van der Waals surface area contributed by atoms with Gasteiger partial charge >= 0.3 is 0 Å². The van der Waals surface area contributed by atoms with Gasteiger partial charge in [0, 0.05) is 46.4 Å². The largest absolute Gasteiger partial charge is 0.383 e. The molecule has 1 aromatic carbocycles. The number of piperazine rings is 1. The van der Waals surface area contributed by atoms with E-state index in [2.05, 4.69) is 33.4 Å². The van der Waals surface area contributed by atoms with Gasteiger partial charge in [-0.05, 0) is 24.6 Å². The molecule has 1 aromatic rings. The lowest BCUT2D eigenvalue weighted by molar-refractivity contribution is -0.122. The van der Waals surface area contributed by atoms with Crippen molar-refractivity contribution in [3.63, 3.8) is 0 Å². The molecule has 29 heavy (non-hydrogen) atoms. The van der Waals surface area contributed by atoms with Crippen LogP contribution in [-0.2, 0) is 16.1 Å². The Hall–Kier alpha value is -1.90. The van der Waals surface area contributed by atoms with Crippen molar-refractivity contribution in [1.29, 1.82) is 5.26 Å². The average molecular weight is 514 g/mol. The highest BCUT2D eigenvalue weighted by Gasteiger charge is 2.21. The normalized spacial score (nSPS) is 14.7. The molecule has 0 aliphatic carbocycles. The molecule has 8 nitrogen and oxygen atoms in total. The first-order chi connectivity index (χ1) is 13.7. The Morgan fingerprint density at radius 3 is 2.48 bits per heavy atom. The van der Waals surface area contributed by atoms with E-state index < -0.39 is 0 Å². The summed E-state index contributed by atoms with van der Waals surface area (Å²) in [6.07, 6.45) is 0. The molecule has 160 valence electrons. The number of halogens is 1. The van der Waals surface area contributed by atoms with E-state index in [4.69, 9.17) is 15.0 Å². The molecule has 0 aromatic heterocycles. The third-order valence-electron chi connectivity index (χ3n) is 4.50. The zero-order valence-electron chi connectivity index (χ0n) is 17.2. The van der Waals surface area contributed by atoms with Crippen LogP contribution >= 0.6 is 24.0 Å². The highest BCUT2D eigenvalue weighted by molar-refractivity contribution is 14.0. The Labute approximate surface area is 190 Å². The standard InChI is InChI=1S/C20H30N6O2.HI/c1-3-22-20(24-15-18-6-4-17(14-21)5-7-18)26-11-9-25(10-12-26)16-19(27)23-8-13-28-2;/h4-7H,3,8-13,15-16H2,1-2H3,(H,22,24)(H,23,27);1H. The third-order valence-corrected chi connectivity index (χ3v) is 4.50. The number of ether oxygens (including phenoxy) is 1. The number of amides is 1. The zero-order valence-corrected chi connectivity index (χ0v) is 19.5. The Kier molecular flexibility index (Phi) is 12.3. The summed E-state index contributed by atoms with van der Waals surface area (Å²) in [6, 6.07) is 9.63. The van der Waals surface area contributed by atoms with Crippen molar-refractivity contribution in [3.8, 4) is 6.07 Å². The SMILES string of the molecule is CCNC(=NCc1ccc(C#N)cc1)N1CCN(CC(=O)NCCOC)CC1.I. The number of hydrogen-bond donors (Lipinski definition) is 2. The number of guanidine groups is 1. The predicted molar refractivity (Wildman–Crippen MR) is 124 cm³/mol. The second-order valence-electron chi connectivity index (χ2n) is 6.58. The number of carbonyl (C=O) groups excluding carboxylic acids is 1. The molecule has 0 radical (unpaired) electrons. The van der Waals surface area contributed by atoms with E-state index in [1.165, 1.54) is 0 Å². The first kappa shape index (κ1) is 25.1. The molecule has 0 saturated carbocycles. The van der Waals surface area contributed by atoms with Gasteiger partial charge in [-0.25, -0.2) is 4.99 Å². The van der Waals surface area contributed by atoms with Crippen molar-refractivity contribution in [3.05, 3.63) is 35.4 Å². The summed E-state index contributed by atoms with van der Waals surface area (Å²) >= 11 is 0. The molecule has 2 N–H and O–H groups in total. The Morgan fingerprint density at radius 2 is 1.90 bits per heavy atom. The van der Waals surface area contributed by atoms with Gasteiger partial charge in [0.2, 0.25) is 5.91 Å². The topological polar surface area (TPSA) is 93.0 Å². The molecular formula is C20H31IN6O2. The lowest BCUT2D eigenvalue weighted by Crippen LogP contribution is -2.54. The maximum absolute atomic E-state index is 11.9. The van der Waals surface area contributed by atoms with E-state index in [0.717, 1.165) is 44.2 Å². The minimum absolute atomic E-state index is 0. The quantitative estimate of drug-likeness (QED) is 0.233. The lowest BCUT2D eigenvalue weighted by Gasteiger charge is -2.36. The molecule has 0 bridgehead atoms. The van der Waals surface area contributed by atoms with Gasteiger partial charge in [-0.15, -0.1) is 24.0 Å². The minimum atomic E-state index is 0. The average Bonchev–Trinajstić information content (AvgIpc) is 2.72. The smallest absolute Gasteiger partial charge is 0.234 e. The van der Waals surface area contributed by atoms with Crippen LogP contribution in [0.25, 0.3) is 0 Å². The highest BCUT2D eigenvalue weighted by Crippen LogP contribution is 2.07. The molecule has 0 unspecified atom stereocenters. The molecule has 1 fully saturated rings. The minimum Gasteiger partial charge on any atom is -0.383 e. The van der Waals surface area contributed by atoms with Crippen LogP contribution in [0.3, 0.4) is 0 Å². The molecule has 1 aliphatic heterocycles. The Morgan fingerprint density at radius 1 is 1.21 bits per heavy atom. The number of benzene rings is 1. The van der Waals surface area contributed by atoms with Crippen LogP contribution in [0.15, 0.2) is 29.3 Å². The number of hydrogen-bond acceptors (Lipinski definition) is 5. The second kappa shape index (κ2) is 14.1. The van der Waals surface area contributed by atoms with E-state index >= 15 is 0 Å². The van der Waals surface area contributed by atoms with E-state index in [0.29, 0.717) is 31.8 Å². The van der Waals surface area contributed by atoms with Gasteiger partial charge in [0.25, 0.3) is 0 Å². The molecular weight excluding hydrogens is 483 g/mol. The summed E-state index contributed by atoms with van der Waals surface area (Å²) in [5, 5.41) is 15.1. The maximum Gasteiger partial charge on any atom is 0.234 e. The van der Waals surface area contributed by atoms with Gasteiger partial charge in [-0.2, -0.15) is 5.26 Å². The van der Waals surface area contributed by atoms with Crippen molar-refractivity contribution in [2.75, 3.05) is 59.5 Å². The molecule has 9 heteroatoms. The third kappa shape index (κ3) is 8.97. The van der Waals surface area contributed by atoms with Crippen LogP contribution in [0.2, 0.25) is 0 Å². The molecule has 1 heterocycles. The van der Waals surface area contributed by atoms with Crippen LogP contribution in [0.4, 0.5) is 0 Å². The van der Waals surface area contributed by atoms with Gasteiger partial charge in [-0.3, -0.25) is 9.69 Å². The summed E-state index contributed by atoms with van der Waals surface area (Å²) in [5.41, 5.74) is 1.72. The van der Waals surface area contributed by atoms with Gasteiger partial charge in [0.05, 0.1) is 31.3 Å². The molecule has 0 atom stereocenters. The predicted octanol–water partition coefficient (Wildman–Crippen LogP) is 1.02. The van der Waals surface area contributed by atoms with Crippen molar-refractivity contribution in [2.45, 2.75) is 13.5 Å². The first-order valence-electron chi connectivity index (χ1n) is 9.66. The monoisotopic (exact) mass is 514 g/mol. The van der Waals surface area contributed by atoms with Crippen molar-refractivity contribution >= 4 is 35.8 Å². The summed E-state index contributed by atoms with van der Waals surface area (Å²) in [7, 11) is 1.62. The summed E-state index contributed by atoms with van der Waals surface area (Å²) < 4.78 is 4.94. The zero-order chi connectivity index (χ0) is 20.2. The van der Waals surface area contributed by atoms with Crippen LogP contribution in [0.5, 0.6) is 0 Å². The molecule has 1 aliphatic rings. The van der Waals surface area contributed by atoms with Gasteiger partial charge in [-0.1, -0.05) is 12.1 Å². The number of aliphatic imine (C=N–C) groups is 1. The summed E-state index contributed by atoms with van der Waals surface area (Å²) in [5.74, 6) is 0.919. The number of nitrogens with one attached hydrogen (secondary N) is 2. The number of nitrogens with zero attached hydrogens (tertiary/aromatic N) is 4. The number of methoxy groups -OCH3 is 1. The van der Waals surface area contributed by atoms with Gasteiger partial charge in [0.15, 0.2) is 5.96 Å². The highest BCUT2D eigenvalue weighted by atomic mass is 127. The number of nitriles is 1. The van der Waals surface area contributed by atoms with E-state index in [1.54, 1.807) is 7.11 Å². The summed E-state index contributed by atoms with van der Waals surface area (Å²) in [6.45, 7) is 8.19. The number of rotatable bonds is 8. The molecule has 2 rings (SSSR count). The van der Waals surface area contributed by atoms with Crippen molar-refractivity contribution in [1.82, 2.24) is 20.4 Å². The Bertz CT molecular complexity index is 681. The summed E-state index contributed by atoms with van der Waals surface area (Å²) in [4.78, 5) is 21.1. The van der Waals surface area contributed by atoms with E-state index in [9.17, 15) is 4.79 Å².